The molecule has 1 atom stereocenters. The van der Waals surface area contributed by atoms with Gasteiger partial charge >= 0.3 is 0 Å². The van der Waals surface area contributed by atoms with Gasteiger partial charge in [-0.15, -0.1) is 0 Å². The Morgan fingerprint density at radius 1 is 1.44 bits per heavy atom. The normalized spacial score (nSPS) is 19.0. The van der Waals surface area contributed by atoms with Gasteiger partial charge in [0.1, 0.15) is 5.75 Å². The van der Waals surface area contributed by atoms with Crippen molar-refractivity contribution in [2.24, 2.45) is 0 Å². The van der Waals surface area contributed by atoms with Gasteiger partial charge in [-0.2, -0.15) is 0 Å². The highest BCUT2D eigenvalue weighted by Crippen LogP contribution is 2.19. The van der Waals surface area contributed by atoms with Gasteiger partial charge in [-0.05, 0) is 30.5 Å². The van der Waals surface area contributed by atoms with E-state index in [0.29, 0.717) is 6.42 Å². The summed E-state index contributed by atoms with van der Waals surface area (Å²) in [5.41, 5.74) is 0.976. The SMILES string of the molecule is COc1ccc(CC(=O)N2CCC[C@H]2CO)cc1. The second-order valence-electron chi connectivity index (χ2n) is 4.59. The van der Waals surface area contributed by atoms with Gasteiger partial charge in [0.15, 0.2) is 0 Å². The van der Waals surface area contributed by atoms with Crippen molar-refractivity contribution in [2.45, 2.75) is 25.3 Å². The predicted molar refractivity (Wildman–Crippen MR) is 68.5 cm³/mol. The Morgan fingerprint density at radius 3 is 2.78 bits per heavy atom. The molecule has 0 saturated carbocycles. The Balaban J connectivity index is 1.97. The summed E-state index contributed by atoms with van der Waals surface area (Å²) in [5, 5.41) is 9.21. The number of amides is 1. The summed E-state index contributed by atoms with van der Waals surface area (Å²) in [6, 6.07) is 7.53. The topological polar surface area (TPSA) is 49.8 Å². The molecule has 1 aliphatic rings. The Hall–Kier alpha value is -1.55. The molecule has 2 rings (SSSR count). The van der Waals surface area contributed by atoms with Crippen LogP contribution in [0.25, 0.3) is 0 Å². The summed E-state index contributed by atoms with van der Waals surface area (Å²) in [5.74, 6) is 0.886. The number of aliphatic hydroxyl groups is 1. The quantitative estimate of drug-likeness (QED) is 0.873. The fraction of sp³-hybridized carbons (Fsp3) is 0.500. The van der Waals surface area contributed by atoms with Crippen molar-refractivity contribution in [3.63, 3.8) is 0 Å². The standard InChI is InChI=1S/C14H19NO3/c1-18-13-6-4-11(5-7-13)9-14(17)15-8-2-3-12(15)10-16/h4-7,12,16H,2-3,8-10H2,1H3/t12-/m0/s1. The first-order chi connectivity index (χ1) is 8.74. The van der Waals surface area contributed by atoms with Crippen LogP contribution in [0.15, 0.2) is 24.3 Å². The third-order valence-corrected chi connectivity index (χ3v) is 3.42. The summed E-state index contributed by atoms with van der Waals surface area (Å²) in [6.45, 7) is 0.828. The van der Waals surface area contributed by atoms with E-state index in [9.17, 15) is 9.90 Å². The predicted octanol–water partition coefficient (Wildman–Crippen LogP) is 1.22. The number of likely N-dealkylation sites (tertiary alicyclic amines) is 1. The van der Waals surface area contributed by atoms with Gasteiger partial charge in [-0.25, -0.2) is 0 Å². The van der Waals surface area contributed by atoms with E-state index in [-0.39, 0.29) is 18.6 Å². The van der Waals surface area contributed by atoms with Crippen molar-refractivity contribution in [1.29, 1.82) is 0 Å². The maximum atomic E-state index is 12.1. The van der Waals surface area contributed by atoms with E-state index in [0.717, 1.165) is 30.7 Å². The van der Waals surface area contributed by atoms with E-state index in [4.69, 9.17) is 4.74 Å². The van der Waals surface area contributed by atoms with Crippen molar-refractivity contribution in [3.05, 3.63) is 29.8 Å². The minimum Gasteiger partial charge on any atom is -0.497 e. The molecule has 1 aromatic rings. The first-order valence-electron chi connectivity index (χ1n) is 6.28. The lowest BCUT2D eigenvalue weighted by molar-refractivity contribution is -0.131. The van der Waals surface area contributed by atoms with Gasteiger partial charge in [0.25, 0.3) is 0 Å². The number of hydrogen-bond acceptors (Lipinski definition) is 3. The number of ether oxygens (including phenoxy) is 1. The van der Waals surface area contributed by atoms with Crippen molar-refractivity contribution in [2.75, 3.05) is 20.3 Å². The molecular weight excluding hydrogens is 230 g/mol. The van der Waals surface area contributed by atoms with Crippen LogP contribution < -0.4 is 4.74 Å². The number of methoxy groups -OCH3 is 1. The van der Waals surface area contributed by atoms with Crippen LogP contribution in [0.5, 0.6) is 5.75 Å². The molecule has 4 nitrogen and oxygen atoms in total. The van der Waals surface area contributed by atoms with Crippen LogP contribution in [0.1, 0.15) is 18.4 Å². The second kappa shape index (κ2) is 5.87. The van der Waals surface area contributed by atoms with E-state index in [1.807, 2.05) is 24.3 Å². The third kappa shape index (κ3) is 2.82. The smallest absolute Gasteiger partial charge is 0.227 e. The number of nitrogens with zero attached hydrogens (tertiary/aromatic N) is 1. The molecule has 1 fully saturated rings. The van der Waals surface area contributed by atoms with Crippen LogP contribution >= 0.6 is 0 Å². The molecule has 18 heavy (non-hydrogen) atoms. The lowest BCUT2D eigenvalue weighted by atomic mass is 10.1. The zero-order valence-corrected chi connectivity index (χ0v) is 10.6. The molecule has 0 aliphatic carbocycles. The van der Waals surface area contributed by atoms with E-state index >= 15 is 0 Å². The maximum absolute atomic E-state index is 12.1. The average Bonchev–Trinajstić information content (AvgIpc) is 2.88. The van der Waals surface area contributed by atoms with Gasteiger partial charge in [-0.1, -0.05) is 12.1 Å². The first-order valence-corrected chi connectivity index (χ1v) is 6.28. The summed E-state index contributed by atoms with van der Waals surface area (Å²) in [7, 11) is 1.62. The molecule has 0 aromatic heterocycles. The molecule has 98 valence electrons. The summed E-state index contributed by atoms with van der Waals surface area (Å²) in [6.07, 6.45) is 2.28. The summed E-state index contributed by atoms with van der Waals surface area (Å²) < 4.78 is 5.08. The lowest BCUT2D eigenvalue weighted by Gasteiger charge is -2.23. The second-order valence-corrected chi connectivity index (χ2v) is 4.59. The van der Waals surface area contributed by atoms with Crippen molar-refractivity contribution in [1.82, 2.24) is 4.90 Å². The minimum absolute atomic E-state index is 0.00995. The van der Waals surface area contributed by atoms with Crippen molar-refractivity contribution in [3.8, 4) is 5.75 Å². The van der Waals surface area contributed by atoms with Crippen LogP contribution in [0.4, 0.5) is 0 Å². The number of hydrogen-bond donors (Lipinski definition) is 1. The fourth-order valence-corrected chi connectivity index (χ4v) is 2.37. The number of aliphatic hydroxyl groups excluding tert-OH is 1. The third-order valence-electron chi connectivity index (χ3n) is 3.42. The molecule has 0 unspecified atom stereocenters. The molecule has 1 N–H and O–H groups in total. The highest BCUT2D eigenvalue weighted by Gasteiger charge is 2.27. The van der Waals surface area contributed by atoms with Crippen LogP contribution in [0.2, 0.25) is 0 Å². The molecule has 1 heterocycles. The number of rotatable bonds is 4. The molecule has 1 saturated heterocycles. The zero-order chi connectivity index (χ0) is 13.0. The van der Waals surface area contributed by atoms with E-state index in [2.05, 4.69) is 0 Å². The summed E-state index contributed by atoms with van der Waals surface area (Å²) >= 11 is 0. The van der Waals surface area contributed by atoms with Crippen molar-refractivity contribution < 1.29 is 14.6 Å². The molecule has 1 amide bonds. The van der Waals surface area contributed by atoms with Gasteiger partial charge in [0, 0.05) is 6.54 Å². The number of carbonyl (C=O) groups is 1. The number of benzene rings is 1. The minimum atomic E-state index is 0.00995. The van der Waals surface area contributed by atoms with Gasteiger partial charge in [-0.3, -0.25) is 4.79 Å². The van der Waals surface area contributed by atoms with E-state index < -0.39 is 0 Å². The molecule has 0 radical (unpaired) electrons. The molecular formula is C14H19NO3. The van der Waals surface area contributed by atoms with E-state index in [1.54, 1.807) is 12.0 Å². The highest BCUT2D eigenvalue weighted by atomic mass is 16.5. The Bertz CT molecular complexity index is 402. The van der Waals surface area contributed by atoms with Gasteiger partial charge < -0.3 is 14.7 Å². The Labute approximate surface area is 107 Å². The molecule has 0 spiro atoms. The average molecular weight is 249 g/mol. The van der Waals surface area contributed by atoms with Crippen LogP contribution in [-0.2, 0) is 11.2 Å². The molecule has 1 aliphatic heterocycles. The Kier molecular flexibility index (Phi) is 4.20. The van der Waals surface area contributed by atoms with E-state index in [1.165, 1.54) is 0 Å². The van der Waals surface area contributed by atoms with Crippen LogP contribution in [-0.4, -0.2) is 42.2 Å². The Morgan fingerprint density at radius 2 is 2.17 bits per heavy atom. The van der Waals surface area contributed by atoms with Gasteiger partial charge in [0.05, 0.1) is 26.2 Å². The highest BCUT2D eigenvalue weighted by molar-refractivity contribution is 5.79. The molecule has 4 heteroatoms. The van der Waals surface area contributed by atoms with Crippen LogP contribution in [0.3, 0.4) is 0 Å². The maximum Gasteiger partial charge on any atom is 0.227 e. The fourth-order valence-electron chi connectivity index (χ4n) is 2.37. The molecule has 0 bridgehead atoms. The van der Waals surface area contributed by atoms with Gasteiger partial charge in [0.2, 0.25) is 5.91 Å². The number of carbonyl (C=O) groups excluding carboxylic acids is 1. The summed E-state index contributed by atoms with van der Waals surface area (Å²) in [4.78, 5) is 13.9. The molecule has 1 aromatic carbocycles. The first kappa shape index (κ1) is 12.9. The van der Waals surface area contributed by atoms with Crippen LogP contribution in [0, 0.1) is 0 Å². The van der Waals surface area contributed by atoms with Crippen molar-refractivity contribution >= 4 is 5.91 Å². The zero-order valence-electron chi connectivity index (χ0n) is 10.6. The monoisotopic (exact) mass is 249 g/mol. The lowest BCUT2D eigenvalue weighted by Crippen LogP contribution is -2.38. The largest absolute Gasteiger partial charge is 0.497 e.